The smallest absolute Gasteiger partial charge is 0.264 e. The maximum Gasteiger partial charge on any atom is 0.264 e. The zero-order valence-electron chi connectivity index (χ0n) is 13.0. The lowest BCUT2D eigenvalue weighted by atomic mass is 9.76. The Hall–Kier alpha value is -1.36. The summed E-state index contributed by atoms with van der Waals surface area (Å²) in [7, 11) is 0. The second-order valence-electron chi connectivity index (χ2n) is 7.01. The first kappa shape index (κ1) is 14.2. The molecule has 3 atom stereocenters. The topological polar surface area (TPSA) is 40.6 Å². The highest BCUT2D eigenvalue weighted by Gasteiger charge is 2.44. The minimum atomic E-state index is 0.192. The number of carbonyl (C=O) groups excluding carboxylic acids is 2. The second kappa shape index (κ2) is 5.37. The van der Waals surface area contributed by atoms with E-state index in [2.05, 4.69) is 4.90 Å². The lowest BCUT2D eigenvalue weighted by Crippen LogP contribution is -2.61. The first-order chi connectivity index (χ1) is 10.6. The zero-order chi connectivity index (χ0) is 15.3. The summed E-state index contributed by atoms with van der Waals surface area (Å²) in [5.74, 6) is 1.46. The molecule has 2 bridgehead atoms. The highest BCUT2D eigenvalue weighted by atomic mass is 32.1. The minimum Gasteiger partial charge on any atom is -0.339 e. The molecule has 1 aromatic rings. The molecule has 2 amide bonds. The Morgan fingerprint density at radius 1 is 1.32 bits per heavy atom. The summed E-state index contributed by atoms with van der Waals surface area (Å²) >= 11 is 1.55. The van der Waals surface area contributed by atoms with Crippen LogP contribution in [0.2, 0.25) is 0 Å². The number of nitrogens with zero attached hydrogens (tertiary/aromatic N) is 2. The molecule has 0 radical (unpaired) electrons. The Morgan fingerprint density at radius 2 is 2.18 bits per heavy atom. The van der Waals surface area contributed by atoms with Crippen LogP contribution in [0.25, 0.3) is 0 Å². The predicted octanol–water partition coefficient (Wildman–Crippen LogP) is 2.53. The quantitative estimate of drug-likeness (QED) is 0.798. The third-order valence-corrected chi connectivity index (χ3v) is 6.53. The van der Waals surface area contributed by atoms with Crippen molar-refractivity contribution in [2.45, 2.75) is 38.6 Å². The van der Waals surface area contributed by atoms with Crippen molar-refractivity contribution in [1.29, 1.82) is 0 Å². The SMILES string of the molecule is Cc1ccsc1C(=O)N1CC2CC(C1)[C@H]1CCCC(=O)N1C2. The number of carbonyl (C=O) groups is 2. The molecule has 4 rings (SSSR count). The Kier molecular flexibility index (Phi) is 3.48. The molecule has 0 spiro atoms. The van der Waals surface area contributed by atoms with Gasteiger partial charge in [-0.3, -0.25) is 9.59 Å². The summed E-state index contributed by atoms with van der Waals surface area (Å²) in [6.45, 7) is 4.49. The molecule has 5 heteroatoms. The lowest BCUT2D eigenvalue weighted by molar-refractivity contribution is -0.144. The van der Waals surface area contributed by atoms with Crippen LogP contribution in [0.5, 0.6) is 0 Å². The summed E-state index contributed by atoms with van der Waals surface area (Å²) in [5, 5.41) is 1.99. The molecule has 0 N–H and O–H groups in total. The fourth-order valence-electron chi connectivity index (χ4n) is 4.51. The van der Waals surface area contributed by atoms with Crippen LogP contribution in [-0.2, 0) is 4.79 Å². The Morgan fingerprint density at radius 3 is 2.95 bits per heavy atom. The van der Waals surface area contributed by atoms with Gasteiger partial charge < -0.3 is 9.80 Å². The number of likely N-dealkylation sites (tertiary alicyclic amines) is 1. The van der Waals surface area contributed by atoms with Crippen molar-refractivity contribution in [1.82, 2.24) is 9.80 Å². The molecule has 4 nitrogen and oxygen atoms in total. The number of hydrogen-bond donors (Lipinski definition) is 0. The van der Waals surface area contributed by atoms with Crippen LogP contribution in [0.15, 0.2) is 11.4 Å². The van der Waals surface area contributed by atoms with Gasteiger partial charge in [0, 0.05) is 32.1 Å². The third-order valence-electron chi connectivity index (χ3n) is 5.52. The average molecular weight is 318 g/mol. The second-order valence-corrected chi connectivity index (χ2v) is 7.93. The van der Waals surface area contributed by atoms with Crippen LogP contribution >= 0.6 is 11.3 Å². The number of hydrogen-bond acceptors (Lipinski definition) is 3. The van der Waals surface area contributed by atoms with E-state index in [9.17, 15) is 9.59 Å². The van der Waals surface area contributed by atoms with Crippen molar-refractivity contribution in [3.63, 3.8) is 0 Å². The number of thiophene rings is 1. The molecule has 0 saturated carbocycles. The monoisotopic (exact) mass is 318 g/mol. The maximum absolute atomic E-state index is 12.8. The van der Waals surface area contributed by atoms with E-state index < -0.39 is 0 Å². The number of aryl methyl sites for hydroxylation is 1. The van der Waals surface area contributed by atoms with Gasteiger partial charge in [0.15, 0.2) is 0 Å². The first-order valence-corrected chi connectivity index (χ1v) is 9.14. The van der Waals surface area contributed by atoms with Crippen LogP contribution in [0.3, 0.4) is 0 Å². The van der Waals surface area contributed by atoms with Crippen molar-refractivity contribution in [3.05, 3.63) is 21.9 Å². The Bertz CT molecular complexity index is 612. The van der Waals surface area contributed by atoms with Gasteiger partial charge in [-0.05, 0) is 55.0 Å². The number of fused-ring (bicyclic) bond motifs is 4. The molecule has 0 aromatic carbocycles. The Balaban J connectivity index is 1.54. The largest absolute Gasteiger partial charge is 0.339 e. The molecule has 118 valence electrons. The summed E-state index contributed by atoms with van der Waals surface area (Å²) in [4.78, 5) is 30.0. The average Bonchev–Trinajstić information content (AvgIpc) is 2.93. The van der Waals surface area contributed by atoms with Gasteiger partial charge in [-0.1, -0.05) is 0 Å². The molecule has 1 aromatic heterocycles. The van der Waals surface area contributed by atoms with Gasteiger partial charge in [-0.25, -0.2) is 0 Å². The molecule has 3 aliphatic heterocycles. The van der Waals surface area contributed by atoms with Crippen LogP contribution in [0.4, 0.5) is 0 Å². The van der Waals surface area contributed by atoms with Crippen molar-refractivity contribution < 1.29 is 9.59 Å². The molecule has 0 aliphatic carbocycles. The summed E-state index contributed by atoms with van der Waals surface area (Å²) in [6.07, 6.45) is 4.02. The molecule has 2 unspecified atom stereocenters. The summed E-state index contributed by atoms with van der Waals surface area (Å²) in [5.41, 5.74) is 1.08. The molecule has 3 fully saturated rings. The van der Waals surface area contributed by atoms with E-state index in [1.807, 2.05) is 23.3 Å². The van der Waals surface area contributed by atoms with E-state index in [1.54, 1.807) is 11.3 Å². The summed E-state index contributed by atoms with van der Waals surface area (Å²) in [6, 6.07) is 2.39. The molecular formula is C17H22N2O2S. The highest BCUT2D eigenvalue weighted by molar-refractivity contribution is 7.12. The van der Waals surface area contributed by atoms with Crippen LogP contribution < -0.4 is 0 Å². The van der Waals surface area contributed by atoms with Crippen LogP contribution in [-0.4, -0.2) is 47.3 Å². The van der Waals surface area contributed by atoms with Gasteiger partial charge in [0.05, 0.1) is 4.88 Å². The maximum atomic E-state index is 12.8. The number of rotatable bonds is 1. The van der Waals surface area contributed by atoms with E-state index in [1.165, 1.54) is 6.42 Å². The zero-order valence-corrected chi connectivity index (χ0v) is 13.8. The molecule has 22 heavy (non-hydrogen) atoms. The number of piperidine rings is 3. The standard InChI is InChI=1S/C17H22N2O2S/c1-11-5-6-22-16(11)17(21)18-8-12-7-13(10-18)14-3-2-4-15(20)19(14)9-12/h5-6,12-14H,2-4,7-10H2,1H3/t12?,13?,14-/m1/s1. The van der Waals surface area contributed by atoms with Gasteiger partial charge in [0.1, 0.15) is 0 Å². The van der Waals surface area contributed by atoms with Crippen LogP contribution in [0.1, 0.15) is 40.9 Å². The van der Waals surface area contributed by atoms with E-state index in [-0.39, 0.29) is 5.91 Å². The van der Waals surface area contributed by atoms with E-state index in [0.29, 0.717) is 30.2 Å². The molecule has 3 saturated heterocycles. The first-order valence-electron chi connectivity index (χ1n) is 8.26. The normalized spacial score (nSPS) is 31.1. The molecule has 3 aliphatic rings. The van der Waals surface area contributed by atoms with Gasteiger partial charge in [-0.2, -0.15) is 0 Å². The predicted molar refractivity (Wildman–Crippen MR) is 85.9 cm³/mol. The summed E-state index contributed by atoms with van der Waals surface area (Å²) < 4.78 is 0. The lowest BCUT2D eigenvalue weighted by Gasteiger charge is -2.52. The van der Waals surface area contributed by atoms with Gasteiger partial charge in [0.25, 0.3) is 5.91 Å². The minimum absolute atomic E-state index is 0.192. The van der Waals surface area contributed by atoms with Crippen molar-refractivity contribution in [2.24, 2.45) is 11.8 Å². The third kappa shape index (κ3) is 2.26. The fourth-order valence-corrected chi connectivity index (χ4v) is 5.40. The van der Waals surface area contributed by atoms with E-state index >= 15 is 0 Å². The fraction of sp³-hybridized carbons (Fsp3) is 0.647. The molecule has 4 heterocycles. The Labute approximate surface area is 135 Å². The van der Waals surface area contributed by atoms with Crippen molar-refractivity contribution >= 4 is 23.2 Å². The van der Waals surface area contributed by atoms with Crippen molar-refractivity contribution in [2.75, 3.05) is 19.6 Å². The van der Waals surface area contributed by atoms with Crippen molar-refractivity contribution in [3.8, 4) is 0 Å². The van der Waals surface area contributed by atoms with Gasteiger partial charge >= 0.3 is 0 Å². The van der Waals surface area contributed by atoms with E-state index in [4.69, 9.17) is 0 Å². The van der Waals surface area contributed by atoms with Crippen LogP contribution in [0, 0.1) is 18.8 Å². The highest BCUT2D eigenvalue weighted by Crippen LogP contribution is 2.38. The number of amides is 2. The van der Waals surface area contributed by atoms with Gasteiger partial charge in [-0.15, -0.1) is 11.3 Å². The van der Waals surface area contributed by atoms with E-state index in [0.717, 1.165) is 42.9 Å². The molecular weight excluding hydrogens is 296 g/mol. The van der Waals surface area contributed by atoms with Gasteiger partial charge in [0.2, 0.25) is 5.91 Å².